The number of hydrogen-bond acceptors (Lipinski definition) is 3. The molecule has 0 spiro atoms. The van der Waals surface area contributed by atoms with Crippen molar-refractivity contribution in [1.29, 1.82) is 0 Å². The maximum absolute atomic E-state index is 14.3. The Morgan fingerprint density at radius 2 is 1.86 bits per heavy atom. The van der Waals surface area contributed by atoms with Crippen molar-refractivity contribution in [2.75, 3.05) is 4.90 Å². The second-order valence-electron chi connectivity index (χ2n) is 6.34. The smallest absolute Gasteiger partial charge is 0.270 e. The molecular weight excluding hydrogens is 389 g/mol. The van der Waals surface area contributed by atoms with Crippen molar-refractivity contribution in [2.45, 2.75) is 6.54 Å². The van der Waals surface area contributed by atoms with Gasteiger partial charge >= 0.3 is 0 Å². The average molecular weight is 403 g/mol. The Labute approximate surface area is 171 Å². The van der Waals surface area contributed by atoms with E-state index in [1.807, 2.05) is 28.8 Å². The zero-order valence-electron chi connectivity index (χ0n) is 15.1. The SMILES string of the molecule is C#CCn1cc(C=C2C(=O)NC(=S)N(c3ccccc3F)C2=O)c2ccccc21. The van der Waals surface area contributed by atoms with Crippen LogP contribution in [-0.4, -0.2) is 21.5 Å². The van der Waals surface area contributed by atoms with Gasteiger partial charge in [0.1, 0.15) is 11.4 Å². The predicted octanol–water partition coefficient (Wildman–Crippen LogP) is 3.24. The number of nitrogens with one attached hydrogen (secondary N) is 1. The Morgan fingerprint density at radius 1 is 1.14 bits per heavy atom. The Bertz CT molecular complexity index is 1250. The molecule has 3 aromatic rings. The third kappa shape index (κ3) is 3.20. The number of carbonyl (C=O) groups excluding carboxylic acids is 2. The molecule has 2 heterocycles. The lowest BCUT2D eigenvalue weighted by Gasteiger charge is -2.29. The van der Waals surface area contributed by atoms with Crippen LogP contribution in [0.15, 0.2) is 60.3 Å². The fourth-order valence-electron chi connectivity index (χ4n) is 3.28. The van der Waals surface area contributed by atoms with Gasteiger partial charge in [0.15, 0.2) is 5.11 Å². The topological polar surface area (TPSA) is 54.3 Å². The highest BCUT2D eigenvalue weighted by atomic mass is 32.1. The Kier molecular flexibility index (Phi) is 4.71. The van der Waals surface area contributed by atoms with E-state index >= 15 is 0 Å². The summed E-state index contributed by atoms with van der Waals surface area (Å²) in [6, 6.07) is 13.2. The van der Waals surface area contributed by atoms with Gasteiger partial charge in [0, 0.05) is 22.7 Å². The number of aromatic nitrogens is 1. The first-order valence-electron chi connectivity index (χ1n) is 8.68. The average Bonchev–Trinajstić information content (AvgIpc) is 3.04. The summed E-state index contributed by atoms with van der Waals surface area (Å²) in [4.78, 5) is 26.6. The molecule has 142 valence electrons. The van der Waals surface area contributed by atoms with E-state index in [4.69, 9.17) is 18.6 Å². The number of anilines is 1. The van der Waals surface area contributed by atoms with Crippen molar-refractivity contribution in [3.05, 3.63) is 71.7 Å². The second kappa shape index (κ2) is 7.34. The van der Waals surface area contributed by atoms with Gasteiger partial charge in [-0.15, -0.1) is 6.42 Å². The fourth-order valence-corrected chi connectivity index (χ4v) is 3.56. The zero-order valence-corrected chi connectivity index (χ0v) is 15.9. The van der Waals surface area contributed by atoms with E-state index in [9.17, 15) is 14.0 Å². The van der Waals surface area contributed by atoms with Gasteiger partial charge in [-0.3, -0.25) is 14.9 Å². The van der Waals surface area contributed by atoms with Crippen LogP contribution in [0.1, 0.15) is 5.56 Å². The third-order valence-corrected chi connectivity index (χ3v) is 4.86. The van der Waals surface area contributed by atoms with Crippen molar-refractivity contribution in [1.82, 2.24) is 9.88 Å². The van der Waals surface area contributed by atoms with E-state index in [2.05, 4.69) is 11.2 Å². The van der Waals surface area contributed by atoms with Crippen LogP contribution in [0.4, 0.5) is 10.1 Å². The maximum atomic E-state index is 14.3. The minimum absolute atomic E-state index is 0.0249. The standard InChI is InChI=1S/C22H14FN3O2S/c1-2-11-25-13-14(15-7-3-5-9-18(15)25)12-16-20(27)24-22(29)26(21(16)28)19-10-6-4-8-17(19)23/h1,3-10,12-13H,11H2,(H,24,27,29). The molecule has 1 aliphatic rings. The highest BCUT2D eigenvalue weighted by Gasteiger charge is 2.35. The lowest BCUT2D eigenvalue weighted by Crippen LogP contribution is -2.54. The summed E-state index contributed by atoms with van der Waals surface area (Å²) in [6.07, 6.45) is 8.69. The molecule has 5 nitrogen and oxygen atoms in total. The molecule has 0 unspecified atom stereocenters. The molecule has 0 aliphatic carbocycles. The van der Waals surface area contributed by atoms with Crippen LogP contribution in [-0.2, 0) is 16.1 Å². The number of terminal acetylenes is 1. The number of thiocarbonyl (C=S) groups is 1. The van der Waals surface area contributed by atoms with Crippen LogP contribution in [0.2, 0.25) is 0 Å². The number of carbonyl (C=O) groups is 2. The van der Waals surface area contributed by atoms with Gasteiger partial charge < -0.3 is 4.57 Å². The van der Waals surface area contributed by atoms with E-state index in [1.54, 1.807) is 12.3 Å². The van der Waals surface area contributed by atoms with E-state index in [-0.39, 0.29) is 16.4 Å². The van der Waals surface area contributed by atoms with Crippen molar-refractivity contribution < 1.29 is 14.0 Å². The number of nitrogens with zero attached hydrogens (tertiary/aromatic N) is 2. The summed E-state index contributed by atoms with van der Waals surface area (Å²) in [6.45, 7) is 0.343. The molecule has 0 bridgehead atoms. The molecule has 7 heteroatoms. The van der Waals surface area contributed by atoms with E-state index < -0.39 is 17.6 Å². The van der Waals surface area contributed by atoms with Crippen LogP contribution in [0.25, 0.3) is 17.0 Å². The molecule has 1 aromatic heterocycles. The lowest BCUT2D eigenvalue weighted by molar-refractivity contribution is -0.122. The molecule has 4 rings (SSSR count). The lowest BCUT2D eigenvalue weighted by atomic mass is 10.1. The molecule has 0 radical (unpaired) electrons. The first kappa shape index (κ1) is 18.6. The minimum atomic E-state index is -0.697. The Hall–Kier alpha value is -3.76. The Balaban J connectivity index is 1.83. The van der Waals surface area contributed by atoms with Crippen molar-refractivity contribution in [3.8, 4) is 12.3 Å². The normalized spacial score (nSPS) is 15.7. The highest BCUT2D eigenvalue weighted by Crippen LogP contribution is 2.27. The third-order valence-electron chi connectivity index (χ3n) is 4.58. The number of fused-ring (bicyclic) bond motifs is 1. The summed E-state index contributed by atoms with van der Waals surface area (Å²) in [7, 11) is 0. The number of benzene rings is 2. The van der Waals surface area contributed by atoms with Crippen LogP contribution >= 0.6 is 12.2 Å². The molecule has 2 amide bonds. The van der Waals surface area contributed by atoms with Gasteiger partial charge in [0.2, 0.25) is 0 Å². The molecule has 2 aromatic carbocycles. The van der Waals surface area contributed by atoms with Gasteiger partial charge in [-0.1, -0.05) is 36.3 Å². The largest absolute Gasteiger partial charge is 0.335 e. The molecule has 29 heavy (non-hydrogen) atoms. The zero-order chi connectivity index (χ0) is 20.5. The molecule has 1 N–H and O–H groups in total. The number of halogens is 1. The molecular formula is C22H14FN3O2S. The summed E-state index contributed by atoms with van der Waals surface area (Å²) < 4.78 is 16.1. The van der Waals surface area contributed by atoms with Gasteiger partial charge in [0.05, 0.1) is 12.2 Å². The Morgan fingerprint density at radius 3 is 2.62 bits per heavy atom. The predicted molar refractivity (Wildman–Crippen MR) is 113 cm³/mol. The van der Waals surface area contributed by atoms with Gasteiger partial charge in [-0.2, -0.15) is 0 Å². The molecule has 0 atom stereocenters. The summed E-state index contributed by atoms with van der Waals surface area (Å²) in [5.74, 6) is 0.625. The number of rotatable bonds is 3. The second-order valence-corrected chi connectivity index (χ2v) is 6.73. The summed E-state index contributed by atoms with van der Waals surface area (Å²) in [5.41, 5.74) is 1.35. The van der Waals surface area contributed by atoms with Crippen molar-refractivity contribution in [3.63, 3.8) is 0 Å². The maximum Gasteiger partial charge on any atom is 0.270 e. The highest BCUT2D eigenvalue weighted by molar-refractivity contribution is 7.80. The quantitative estimate of drug-likeness (QED) is 0.316. The fraction of sp³-hybridized carbons (Fsp3) is 0.0455. The molecule has 1 aliphatic heterocycles. The van der Waals surface area contributed by atoms with E-state index in [1.165, 1.54) is 24.3 Å². The van der Waals surface area contributed by atoms with Crippen LogP contribution < -0.4 is 10.2 Å². The van der Waals surface area contributed by atoms with Crippen molar-refractivity contribution in [2.24, 2.45) is 0 Å². The van der Waals surface area contributed by atoms with Crippen molar-refractivity contribution >= 4 is 51.8 Å². The van der Waals surface area contributed by atoms with Gasteiger partial charge in [0.25, 0.3) is 11.8 Å². The molecule has 1 saturated heterocycles. The first-order valence-corrected chi connectivity index (χ1v) is 9.09. The van der Waals surface area contributed by atoms with E-state index in [0.29, 0.717) is 12.1 Å². The summed E-state index contributed by atoms with van der Waals surface area (Å²) >= 11 is 5.11. The number of para-hydroxylation sites is 2. The van der Waals surface area contributed by atoms with Gasteiger partial charge in [-0.25, -0.2) is 9.29 Å². The monoisotopic (exact) mass is 403 g/mol. The molecule has 0 saturated carbocycles. The number of hydrogen-bond donors (Lipinski definition) is 1. The van der Waals surface area contributed by atoms with Crippen LogP contribution in [0.5, 0.6) is 0 Å². The minimum Gasteiger partial charge on any atom is -0.335 e. The van der Waals surface area contributed by atoms with E-state index in [0.717, 1.165) is 15.8 Å². The first-order chi connectivity index (χ1) is 14.0. The van der Waals surface area contributed by atoms with Gasteiger partial charge in [-0.05, 0) is 36.5 Å². The number of amides is 2. The van der Waals surface area contributed by atoms with Crippen LogP contribution in [0.3, 0.4) is 0 Å². The summed E-state index contributed by atoms with van der Waals surface area (Å²) in [5, 5.41) is 3.12. The molecule has 1 fully saturated rings. The van der Waals surface area contributed by atoms with Crippen LogP contribution in [0, 0.1) is 18.2 Å².